The fraction of sp³-hybridized carbons (Fsp3) is 0.464. The largest absolute Gasteiger partial charge is 0.496 e. The first-order chi connectivity index (χ1) is 16.1. The van der Waals surface area contributed by atoms with Crippen LogP contribution < -0.4 is 4.74 Å². The lowest BCUT2D eigenvalue weighted by atomic mass is 9.96. The van der Waals surface area contributed by atoms with Gasteiger partial charge in [-0.3, -0.25) is 4.68 Å². The van der Waals surface area contributed by atoms with Crippen LogP contribution in [-0.2, 0) is 19.5 Å². The Morgan fingerprint density at radius 2 is 2.00 bits per heavy atom. The number of aryl methyl sites for hydroxylation is 1. The molecule has 1 atom stereocenters. The van der Waals surface area contributed by atoms with Crippen LogP contribution >= 0.6 is 0 Å². The van der Waals surface area contributed by atoms with E-state index in [1.165, 1.54) is 54.7 Å². The first-order valence-electron chi connectivity index (χ1n) is 12.2. The third-order valence-electron chi connectivity index (χ3n) is 6.82. The van der Waals surface area contributed by atoms with E-state index in [4.69, 9.17) is 4.74 Å². The van der Waals surface area contributed by atoms with Gasteiger partial charge in [-0.25, -0.2) is 0 Å². The highest BCUT2D eigenvalue weighted by molar-refractivity contribution is 5.37. The number of piperidine rings is 1. The molecule has 0 radical (unpaired) electrons. The zero-order valence-electron chi connectivity index (χ0n) is 20.4. The molecule has 33 heavy (non-hydrogen) atoms. The SMILES string of the molecule is COc1ccc(CN(C)CC2CCCN(CCc3ccccc3C)C2)cc1Cn1cccn1. The third kappa shape index (κ3) is 6.68. The van der Waals surface area contributed by atoms with Crippen molar-refractivity contribution in [1.82, 2.24) is 19.6 Å². The molecule has 4 rings (SSSR count). The number of hydrogen-bond donors (Lipinski definition) is 0. The second-order valence-corrected chi connectivity index (χ2v) is 9.53. The second-order valence-electron chi connectivity index (χ2n) is 9.53. The highest BCUT2D eigenvalue weighted by atomic mass is 16.5. The summed E-state index contributed by atoms with van der Waals surface area (Å²) in [5.41, 5.74) is 5.40. The van der Waals surface area contributed by atoms with E-state index >= 15 is 0 Å². The number of hydrogen-bond acceptors (Lipinski definition) is 4. The molecule has 0 amide bonds. The van der Waals surface area contributed by atoms with E-state index in [1.54, 1.807) is 7.11 Å². The van der Waals surface area contributed by atoms with E-state index in [0.29, 0.717) is 0 Å². The van der Waals surface area contributed by atoms with Gasteiger partial charge in [-0.05, 0) is 80.6 Å². The predicted octanol–water partition coefficient (Wildman–Crippen LogP) is 4.63. The summed E-state index contributed by atoms with van der Waals surface area (Å²) in [4.78, 5) is 5.15. The van der Waals surface area contributed by atoms with Crippen molar-refractivity contribution in [2.45, 2.75) is 39.3 Å². The quantitative estimate of drug-likeness (QED) is 0.455. The van der Waals surface area contributed by atoms with E-state index in [1.807, 2.05) is 23.1 Å². The summed E-state index contributed by atoms with van der Waals surface area (Å²) < 4.78 is 7.53. The number of aromatic nitrogens is 2. The van der Waals surface area contributed by atoms with Gasteiger partial charge in [0.15, 0.2) is 0 Å². The summed E-state index contributed by atoms with van der Waals surface area (Å²) in [6, 6.07) is 17.3. The average Bonchev–Trinajstić information content (AvgIpc) is 3.32. The zero-order chi connectivity index (χ0) is 23.0. The Labute approximate surface area is 199 Å². The number of benzene rings is 2. The monoisotopic (exact) mass is 446 g/mol. The molecule has 1 unspecified atom stereocenters. The van der Waals surface area contributed by atoms with Gasteiger partial charge in [0.1, 0.15) is 5.75 Å². The Bertz CT molecular complexity index is 1000. The number of methoxy groups -OCH3 is 1. The van der Waals surface area contributed by atoms with Gasteiger partial charge < -0.3 is 14.5 Å². The van der Waals surface area contributed by atoms with Crippen molar-refractivity contribution >= 4 is 0 Å². The Morgan fingerprint density at radius 1 is 1.12 bits per heavy atom. The molecule has 3 aromatic rings. The highest BCUT2D eigenvalue weighted by Crippen LogP contribution is 2.23. The Kier molecular flexibility index (Phi) is 8.19. The maximum Gasteiger partial charge on any atom is 0.123 e. The van der Waals surface area contributed by atoms with Gasteiger partial charge in [0, 0.05) is 44.1 Å². The fourth-order valence-corrected chi connectivity index (χ4v) is 5.11. The van der Waals surface area contributed by atoms with Gasteiger partial charge in [0.25, 0.3) is 0 Å². The third-order valence-corrected chi connectivity index (χ3v) is 6.82. The highest BCUT2D eigenvalue weighted by Gasteiger charge is 2.21. The van der Waals surface area contributed by atoms with Crippen LogP contribution in [0.1, 0.15) is 35.1 Å². The van der Waals surface area contributed by atoms with Crippen LogP contribution in [0.4, 0.5) is 0 Å². The van der Waals surface area contributed by atoms with Crippen LogP contribution in [-0.4, -0.2) is 59.9 Å². The summed E-state index contributed by atoms with van der Waals surface area (Å²) in [6.45, 7) is 8.66. The molecule has 0 saturated carbocycles. The normalized spacial score (nSPS) is 16.9. The lowest BCUT2D eigenvalue weighted by Crippen LogP contribution is -2.40. The maximum atomic E-state index is 5.59. The molecule has 1 fully saturated rings. The zero-order valence-corrected chi connectivity index (χ0v) is 20.4. The molecule has 1 aliphatic rings. The van der Waals surface area contributed by atoms with E-state index in [9.17, 15) is 0 Å². The lowest BCUT2D eigenvalue weighted by molar-refractivity contribution is 0.142. The van der Waals surface area contributed by atoms with Crippen LogP contribution in [0, 0.1) is 12.8 Å². The molecular weight excluding hydrogens is 408 g/mol. The standard InChI is InChI=1S/C28H38N4O/c1-23-8-4-5-10-26(23)13-17-31-15-6-9-25(21-31)20-30(2)19-24-11-12-28(33-3)27(18-24)22-32-16-7-14-29-32/h4-5,7-8,10-12,14,16,18,25H,6,9,13,15,17,19-22H2,1-3H3. The molecule has 5 nitrogen and oxygen atoms in total. The Morgan fingerprint density at radius 3 is 2.79 bits per heavy atom. The second kappa shape index (κ2) is 11.5. The fourth-order valence-electron chi connectivity index (χ4n) is 5.11. The van der Waals surface area contributed by atoms with Crippen LogP contribution in [0.15, 0.2) is 60.9 Å². The number of likely N-dealkylation sites (tertiary alicyclic amines) is 1. The smallest absolute Gasteiger partial charge is 0.123 e. The van der Waals surface area contributed by atoms with E-state index in [-0.39, 0.29) is 0 Å². The molecule has 5 heteroatoms. The first kappa shape index (κ1) is 23.5. The van der Waals surface area contributed by atoms with Gasteiger partial charge in [-0.15, -0.1) is 0 Å². The Hall–Kier alpha value is -2.63. The summed E-state index contributed by atoms with van der Waals surface area (Å²) >= 11 is 0. The minimum Gasteiger partial charge on any atom is -0.496 e. The maximum absolute atomic E-state index is 5.59. The molecule has 2 heterocycles. The van der Waals surface area contributed by atoms with Gasteiger partial charge in [-0.2, -0.15) is 5.10 Å². The van der Waals surface area contributed by atoms with Crippen molar-refractivity contribution in [2.75, 3.05) is 40.3 Å². The molecule has 1 aliphatic heterocycles. The average molecular weight is 447 g/mol. The van der Waals surface area contributed by atoms with Crippen LogP contribution in [0.2, 0.25) is 0 Å². The lowest BCUT2D eigenvalue weighted by Gasteiger charge is -2.35. The molecular formula is C28H38N4O. The minimum atomic E-state index is 0.728. The molecule has 0 spiro atoms. The summed E-state index contributed by atoms with van der Waals surface area (Å²) in [7, 11) is 3.99. The van der Waals surface area contributed by atoms with Crippen molar-refractivity contribution in [2.24, 2.45) is 5.92 Å². The Balaban J connectivity index is 1.30. The number of ether oxygens (including phenoxy) is 1. The molecule has 1 saturated heterocycles. The molecule has 0 bridgehead atoms. The van der Waals surface area contributed by atoms with Crippen molar-refractivity contribution in [3.05, 3.63) is 83.2 Å². The van der Waals surface area contributed by atoms with Crippen molar-refractivity contribution in [3.63, 3.8) is 0 Å². The van der Waals surface area contributed by atoms with Crippen LogP contribution in [0.3, 0.4) is 0 Å². The van der Waals surface area contributed by atoms with E-state index < -0.39 is 0 Å². The van der Waals surface area contributed by atoms with Gasteiger partial charge in [0.05, 0.1) is 13.7 Å². The van der Waals surface area contributed by atoms with Crippen LogP contribution in [0.5, 0.6) is 5.75 Å². The molecule has 0 N–H and O–H groups in total. The van der Waals surface area contributed by atoms with Crippen LogP contribution in [0.25, 0.3) is 0 Å². The molecule has 0 aliphatic carbocycles. The van der Waals surface area contributed by atoms with Crippen molar-refractivity contribution in [3.8, 4) is 5.75 Å². The summed E-state index contributed by atoms with van der Waals surface area (Å²) in [6.07, 6.45) is 7.60. The summed E-state index contributed by atoms with van der Waals surface area (Å²) in [5, 5.41) is 4.35. The molecule has 1 aromatic heterocycles. The predicted molar refractivity (Wildman–Crippen MR) is 135 cm³/mol. The van der Waals surface area contributed by atoms with Gasteiger partial charge in [0.2, 0.25) is 0 Å². The van der Waals surface area contributed by atoms with Gasteiger partial charge in [-0.1, -0.05) is 30.3 Å². The van der Waals surface area contributed by atoms with Crippen molar-refractivity contribution in [1.29, 1.82) is 0 Å². The van der Waals surface area contributed by atoms with Crippen molar-refractivity contribution < 1.29 is 4.74 Å². The van der Waals surface area contributed by atoms with Gasteiger partial charge >= 0.3 is 0 Å². The molecule has 176 valence electrons. The number of nitrogens with zero attached hydrogens (tertiary/aromatic N) is 4. The minimum absolute atomic E-state index is 0.728. The van der Waals surface area contributed by atoms with E-state index in [2.05, 4.69) is 71.3 Å². The topological polar surface area (TPSA) is 33.5 Å². The number of rotatable bonds is 10. The first-order valence-corrected chi connectivity index (χ1v) is 12.2. The summed E-state index contributed by atoms with van der Waals surface area (Å²) in [5.74, 6) is 1.66. The van der Waals surface area contributed by atoms with E-state index in [0.717, 1.165) is 37.7 Å². The molecule has 2 aromatic carbocycles.